The summed E-state index contributed by atoms with van der Waals surface area (Å²) in [6.07, 6.45) is 2.99. The van der Waals surface area contributed by atoms with Crippen LogP contribution < -0.4 is 10.6 Å². The molecule has 0 saturated heterocycles. The first kappa shape index (κ1) is 17.9. The van der Waals surface area contributed by atoms with E-state index >= 15 is 0 Å². The molecule has 0 fully saturated rings. The van der Waals surface area contributed by atoms with Gasteiger partial charge in [0, 0.05) is 16.4 Å². The predicted octanol–water partition coefficient (Wildman–Crippen LogP) is 5.05. The van der Waals surface area contributed by atoms with Gasteiger partial charge in [-0.05, 0) is 67.8 Å². The van der Waals surface area contributed by atoms with Crippen LogP contribution in [-0.2, 0) is 0 Å². The van der Waals surface area contributed by atoms with Crippen molar-refractivity contribution in [1.82, 2.24) is 9.97 Å². The van der Waals surface area contributed by atoms with Gasteiger partial charge >= 0.3 is 0 Å². The summed E-state index contributed by atoms with van der Waals surface area (Å²) in [7, 11) is 0. The van der Waals surface area contributed by atoms with Crippen molar-refractivity contribution in [3.8, 4) is 0 Å². The molecule has 0 unspecified atom stereocenters. The van der Waals surface area contributed by atoms with Crippen molar-refractivity contribution in [1.29, 1.82) is 0 Å². The van der Waals surface area contributed by atoms with Crippen LogP contribution in [0.4, 0.5) is 17.2 Å². The number of amides is 1. The number of benzene rings is 2. The number of rotatable bonds is 4. The van der Waals surface area contributed by atoms with E-state index in [-0.39, 0.29) is 11.6 Å². The van der Waals surface area contributed by atoms with Crippen LogP contribution in [0.5, 0.6) is 0 Å². The molecule has 0 radical (unpaired) electrons. The topological polar surface area (TPSA) is 66.9 Å². The maximum Gasteiger partial charge on any atom is 0.275 e. The quantitative estimate of drug-likeness (QED) is 0.678. The molecule has 0 aliphatic heterocycles. The Bertz CT molecular complexity index is 934. The second-order valence-electron chi connectivity index (χ2n) is 6.20. The number of nitrogens with zero attached hydrogens (tertiary/aromatic N) is 2. The number of carbonyl (C=O) groups excluding carboxylic acids is 1. The maximum atomic E-state index is 12.3. The van der Waals surface area contributed by atoms with E-state index in [1.54, 1.807) is 24.4 Å². The van der Waals surface area contributed by atoms with Crippen molar-refractivity contribution in [3.05, 3.63) is 76.2 Å². The fourth-order valence-electron chi connectivity index (χ4n) is 2.66. The fraction of sp³-hybridized carbons (Fsp3) is 0.150. The largest absolute Gasteiger partial charge is 0.339 e. The number of hydrogen-bond donors (Lipinski definition) is 2. The Labute approximate surface area is 157 Å². The zero-order chi connectivity index (χ0) is 18.7. The van der Waals surface area contributed by atoms with Crippen LogP contribution in [0.3, 0.4) is 0 Å². The van der Waals surface area contributed by atoms with E-state index in [0.717, 1.165) is 22.4 Å². The molecular weight excluding hydrogens is 348 g/mol. The molecule has 1 amide bonds. The van der Waals surface area contributed by atoms with E-state index in [9.17, 15) is 4.79 Å². The lowest BCUT2D eigenvalue weighted by molar-refractivity contribution is 0.102. The summed E-state index contributed by atoms with van der Waals surface area (Å²) in [5.41, 5.74) is 5.08. The van der Waals surface area contributed by atoms with Crippen molar-refractivity contribution >= 4 is 34.7 Å². The van der Waals surface area contributed by atoms with Gasteiger partial charge in [0.15, 0.2) is 0 Å². The Morgan fingerprint density at radius 1 is 0.962 bits per heavy atom. The highest BCUT2D eigenvalue weighted by Gasteiger charge is 2.10. The minimum Gasteiger partial charge on any atom is -0.339 e. The zero-order valence-corrected chi connectivity index (χ0v) is 15.6. The van der Waals surface area contributed by atoms with Gasteiger partial charge in [0.05, 0.1) is 12.4 Å². The van der Waals surface area contributed by atoms with E-state index in [1.807, 2.05) is 32.9 Å². The Morgan fingerprint density at radius 2 is 1.69 bits per heavy atom. The molecular formula is C20H19ClN4O. The highest BCUT2D eigenvalue weighted by molar-refractivity contribution is 6.30. The molecule has 6 heteroatoms. The van der Waals surface area contributed by atoms with Crippen molar-refractivity contribution < 1.29 is 4.79 Å². The minimum absolute atomic E-state index is 0.241. The van der Waals surface area contributed by atoms with Gasteiger partial charge < -0.3 is 10.6 Å². The van der Waals surface area contributed by atoms with E-state index in [2.05, 4.69) is 26.7 Å². The van der Waals surface area contributed by atoms with Crippen molar-refractivity contribution in [2.75, 3.05) is 10.6 Å². The average molecular weight is 367 g/mol. The molecule has 0 atom stereocenters. The predicted molar refractivity (Wildman–Crippen MR) is 105 cm³/mol. The van der Waals surface area contributed by atoms with Gasteiger partial charge in [0.1, 0.15) is 11.5 Å². The summed E-state index contributed by atoms with van der Waals surface area (Å²) >= 11 is 5.93. The smallest absolute Gasteiger partial charge is 0.275 e. The number of aromatic nitrogens is 2. The minimum atomic E-state index is -0.319. The van der Waals surface area contributed by atoms with Crippen molar-refractivity contribution in [2.45, 2.75) is 20.8 Å². The molecule has 2 N–H and O–H groups in total. The Balaban J connectivity index is 1.71. The van der Waals surface area contributed by atoms with Crippen LogP contribution in [-0.4, -0.2) is 15.9 Å². The molecule has 0 bridgehead atoms. The van der Waals surface area contributed by atoms with Crippen LogP contribution in [0.15, 0.2) is 48.8 Å². The van der Waals surface area contributed by atoms with Crippen molar-refractivity contribution in [3.63, 3.8) is 0 Å². The van der Waals surface area contributed by atoms with Crippen LogP contribution in [0.2, 0.25) is 5.02 Å². The number of nitrogens with one attached hydrogen (secondary N) is 2. The third-order valence-electron chi connectivity index (χ3n) is 3.82. The van der Waals surface area contributed by atoms with Crippen LogP contribution in [0.1, 0.15) is 27.2 Å². The van der Waals surface area contributed by atoms with Gasteiger partial charge in [-0.15, -0.1) is 0 Å². The van der Waals surface area contributed by atoms with Gasteiger partial charge in [0.25, 0.3) is 5.91 Å². The zero-order valence-electron chi connectivity index (χ0n) is 14.8. The number of halogens is 1. The number of hydrogen-bond acceptors (Lipinski definition) is 4. The van der Waals surface area contributed by atoms with E-state index < -0.39 is 0 Å². The second-order valence-corrected chi connectivity index (χ2v) is 6.64. The molecule has 0 saturated carbocycles. The third-order valence-corrected chi connectivity index (χ3v) is 4.05. The summed E-state index contributed by atoms with van der Waals surface area (Å²) < 4.78 is 0. The van der Waals surface area contributed by atoms with Crippen LogP contribution in [0, 0.1) is 20.8 Å². The van der Waals surface area contributed by atoms with Crippen molar-refractivity contribution in [2.24, 2.45) is 0 Å². The van der Waals surface area contributed by atoms with Gasteiger partial charge in [-0.3, -0.25) is 4.79 Å². The Kier molecular flexibility index (Phi) is 5.19. The van der Waals surface area contributed by atoms with E-state index in [4.69, 9.17) is 11.6 Å². The average Bonchev–Trinajstić information content (AvgIpc) is 2.57. The number of anilines is 3. The molecule has 3 aromatic rings. The van der Waals surface area contributed by atoms with Gasteiger partial charge in [-0.1, -0.05) is 17.7 Å². The molecule has 5 nitrogen and oxygen atoms in total. The first-order valence-electron chi connectivity index (χ1n) is 8.15. The lowest BCUT2D eigenvalue weighted by Gasteiger charge is -2.10. The summed E-state index contributed by atoms with van der Waals surface area (Å²) in [5, 5.41) is 6.64. The molecule has 132 valence electrons. The fourth-order valence-corrected chi connectivity index (χ4v) is 2.88. The molecule has 0 aliphatic rings. The highest BCUT2D eigenvalue weighted by atomic mass is 35.5. The monoisotopic (exact) mass is 366 g/mol. The molecule has 0 spiro atoms. The summed E-state index contributed by atoms with van der Waals surface area (Å²) in [6, 6.07) is 11.4. The highest BCUT2D eigenvalue weighted by Crippen LogP contribution is 2.21. The normalized spacial score (nSPS) is 10.5. The molecule has 26 heavy (non-hydrogen) atoms. The molecule has 0 aliphatic carbocycles. The second kappa shape index (κ2) is 7.54. The van der Waals surface area contributed by atoms with Gasteiger partial charge in [-0.25, -0.2) is 9.97 Å². The van der Waals surface area contributed by atoms with Gasteiger partial charge in [-0.2, -0.15) is 0 Å². The molecule has 3 rings (SSSR count). The maximum absolute atomic E-state index is 12.3. The number of aryl methyl sites for hydroxylation is 3. The summed E-state index contributed by atoms with van der Waals surface area (Å²) in [5.74, 6) is 0.259. The first-order chi connectivity index (χ1) is 12.4. The lowest BCUT2D eigenvalue weighted by atomic mass is 10.1. The Hall–Kier alpha value is -2.92. The molecule has 1 heterocycles. The third kappa shape index (κ3) is 4.37. The Morgan fingerprint density at radius 3 is 2.31 bits per heavy atom. The molecule has 1 aromatic heterocycles. The van der Waals surface area contributed by atoms with E-state index in [1.165, 1.54) is 6.20 Å². The lowest BCUT2D eigenvalue weighted by Crippen LogP contribution is -2.15. The summed E-state index contributed by atoms with van der Waals surface area (Å²) in [6.45, 7) is 5.95. The van der Waals surface area contributed by atoms with Crippen LogP contribution in [0.25, 0.3) is 0 Å². The first-order valence-corrected chi connectivity index (χ1v) is 8.53. The van der Waals surface area contributed by atoms with Gasteiger partial charge in [0.2, 0.25) is 0 Å². The van der Waals surface area contributed by atoms with Crippen LogP contribution >= 0.6 is 11.6 Å². The standard InChI is InChI=1S/C20H19ClN4O/c1-12-6-13(2)8-16(7-12)24-19-11-22-18(10-23-19)20(26)25-17-5-4-15(21)9-14(17)3/h4-11H,1-3H3,(H,23,24)(H,25,26). The molecule has 2 aromatic carbocycles. The SMILES string of the molecule is Cc1cc(C)cc(Nc2cnc(C(=O)Nc3ccc(Cl)cc3C)cn2)c1. The number of carbonyl (C=O) groups is 1. The van der Waals surface area contributed by atoms with E-state index in [0.29, 0.717) is 16.5 Å². The summed E-state index contributed by atoms with van der Waals surface area (Å²) in [4.78, 5) is 20.8.